The van der Waals surface area contributed by atoms with Gasteiger partial charge in [-0.2, -0.15) is 0 Å². The molecular weight excluding hydrogens is 372 g/mol. The highest BCUT2D eigenvalue weighted by Crippen LogP contribution is 2.13. The molecule has 1 fully saturated rings. The van der Waals surface area contributed by atoms with Crippen LogP contribution in [0.2, 0.25) is 0 Å². The van der Waals surface area contributed by atoms with Crippen molar-refractivity contribution in [3.8, 4) is 0 Å². The lowest BCUT2D eigenvalue weighted by molar-refractivity contribution is -0.132. The summed E-state index contributed by atoms with van der Waals surface area (Å²) in [5.74, 6) is 0.233. The number of nitrogens with zero attached hydrogens (tertiary/aromatic N) is 2. The summed E-state index contributed by atoms with van der Waals surface area (Å²) in [6.07, 6.45) is 0.498. The number of benzene rings is 1. The van der Waals surface area contributed by atoms with Gasteiger partial charge in [-0.15, -0.1) is 0 Å². The Labute approximate surface area is 131 Å². The van der Waals surface area contributed by atoms with Crippen LogP contribution in [-0.4, -0.2) is 53.8 Å². The third-order valence-electron chi connectivity index (χ3n) is 3.37. The molecule has 0 spiro atoms. The van der Waals surface area contributed by atoms with Crippen LogP contribution < -0.4 is 0 Å². The Morgan fingerprint density at radius 2 is 1.95 bits per heavy atom. The first kappa shape index (κ1) is 15.0. The van der Waals surface area contributed by atoms with E-state index >= 15 is 0 Å². The van der Waals surface area contributed by atoms with Crippen LogP contribution in [-0.2, 0) is 11.2 Å². The fourth-order valence-electron chi connectivity index (χ4n) is 2.27. The van der Waals surface area contributed by atoms with Crippen LogP contribution in [0.1, 0.15) is 5.56 Å². The molecule has 1 saturated heterocycles. The highest BCUT2D eigenvalue weighted by Gasteiger charge is 2.20. The number of rotatable bonds is 4. The molecule has 0 saturated carbocycles. The molecule has 2 rings (SSSR count). The van der Waals surface area contributed by atoms with E-state index in [1.165, 1.54) is 0 Å². The Balaban J connectivity index is 1.84. The quantitative estimate of drug-likeness (QED) is 0.738. The molecule has 1 aromatic rings. The topological polar surface area (TPSA) is 23.6 Å². The standard InChI is InChI=1S/C14H18Br2N2O/c15-4-5-17-6-8-18(9-7-17)14(19)11-12-2-1-3-13(16)10-12/h1-3,10H,4-9,11H2. The van der Waals surface area contributed by atoms with E-state index in [4.69, 9.17) is 0 Å². The third kappa shape index (κ3) is 4.58. The molecule has 5 heteroatoms. The number of carbonyl (C=O) groups excluding carboxylic acids is 1. The summed E-state index contributed by atoms with van der Waals surface area (Å²) in [6.45, 7) is 4.72. The maximum Gasteiger partial charge on any atom is 0.227 e. The maximum absolute atomic E-state index is 12.2. The van der Waals surface area contributed by atoms with E-state index < -0.39 is 0 Å². The number of alkyl halides is 1. The highest BCUT2D eigenvalue weighted by atomic mass is 79.9. The molecule has 1 amide bonds. The predicted molar refractivity (Wildman–Crippen MR) is 84.7 cm³/mol. The van der Waals surface area contributed by atoms with Gasteiger partial charge in [-0.05, 0) is 17.7 Å². The number of hydrogen-bond acceptors (Lipinski definition) is 2. The number of amides is 1. The first-order valence-corrected chi connectivity index (χ1v) is 8.41. The molecule has 1 aromatic carbocycles. The lowest BCUT2D eigenvalue weighted by atomic mass is 10.1. The van der Waals surface area contributed by atoms with Crippen LogP contribution in [0.15, 0.2) is 28.7 Å². The summed E-state index contributed by atoms with van der Waals surface area (Å²) in [6, 6.07) is 7.97. The Bertz CT molecular complexity index is 431. The van der Waals surface area contributed by atoms with E-state index in [9.17, 15) is 4.79 Å². The molecule has 19 heavy (non-hydrogen) atoms. The van der Waals surface area contributed by atoms with E-state index in [1.807, 2.05) is 29.2 Å². The van der Waals surface area contributed by atoms with Crippen LogP contribution in [0.3, 0.4) is 0 Å². The Hall–Kier alpha value is -0.390. The van der Waals surface area contributed by atoms with Crippen LogP contribution in [0.25, 0.3) is 0 Å². The van der Waals surface area contributed by atoms with Crippen molar-refractivity contribution in [2.24, 2.45) is 0 Å². The van der Waals surface area contributed by atoms with Gasteiger partial charge in [-0.25, -0.2) is 0 Å². The Morgan fingerprint density at radius 3 is 2.58 bits per heavy atom. The molecule has 0 bridgehead atoms. The molecular formula is C14H18Br2N2O. The van der Waals surface area contributed by atoms with Gasteiger partial charge in [0, 0.05) is 42.5 Å². The molecule has 0 N–H and O–H groups in total. The zero-order valence-corrected chi connectivity index (χ0v) is 14.0. The first-order valence-electron chi connectivity index (χ1n) is 6.49. The molecule has 0 atom stereocenters. The first-order chi connectivity index (χ1) is 9.19. The van der Waals surface area contributed by atoms with Gasteiger partial charge in [0.15, 0.2) is 0 Å². The van der Waals surface area contributed by atoms with Crippen LogP contribution in [0.5, 0.6) is 0 Å². The molecule has 104 valence electrons. The second-order valence-corrected chi connectivity index (χ2v) is 6.43. The van der Waals surface area contributed by atoms with Crippen molar-refractivity contribution in [2.45, 2.75) is 6.42 Å². The summed E-state index contributed by atoms with van der Waals surface area (Å²) < 4.78 is 1.03. The monoisotopic (exact) mass is 388 g/mol. The fourth-order valence-corrected chi connectivity index (χ4v) is 3.22. The maximum atomic E-state index is 12.2. The van der Waals surface area contributed by atoms with Crippen molar-refractivity contribution in [1.82, 2.24) is 9.80 Å². The van der Waals surface area contributed by atoms with E-state index in [2.05, 4.69) is 36.8 Å². The van der Waals surface area contributed by atoms with E-state index in [0.29, 0.717) is 6.42 Å². The van der Waals surface area contributed by atoms with Gasteiger partial charge in [0.1, 0.15) is 0 Å². The van der Waals surface area contributed by atoms with Crippen molar-refractivity contribution < 1.29 is 4.79 Å². The minimum atomic E-state index is 0.233. The highest BCUT2D eigenvalue weighted by molar-refractivity contribution is 9.10. The predicted octanol–water partition coefficient (Wildman–Crippen LogP) is 2.53. The van der Waals surface area contributed by atoms with Gasteiger partial charge in [0.05, 0.1) is 6.42 Å². The minimum Gasteiger partial charge on any atom is -0.340 e. The van der Waals surface area contributed by atoms with Crippen LogP contribution in [0, 0.1) is 0 Å². The van der Waals surface area contributed by atoms with Gasteiger partial charge in [0.25, 0.3) is 0 Å². The average Bonchev–Trinajstić information content (AvgIpc) is 2.40. The van der Waals surface area contributed by atoms with Gasteiger partial charge < -0.3 is 4.90 Å². The average molecular weight is 390 g/mol. The lowest BCUT2D eigenvalue weighted by Gasteiger charge is -2.34. The van der Waals surface area contributed by atoms with Gasteiger partial charge in [-0.3, -0.25) is 9.69 Å². The molecule has 1 heterocycles. The Kier molecular flexibility index (Phi) is 5.85. The zero-order valence-electron chi connectivity index (χ0n) is 10.8. The second kappa shape index (κ2) is 7.41. The van der Waals surface area contributed by atoms with Crippen LogP contribution in [0.4, 0.5) is 0 Å². The van der Waals surface area contributed by atoms with Crippen molar-refractivity contribution in [1.29, 1.82) is 0 Å². The van der Waals surface area contributed by atoms with E-state index in [1.54, 1.807) is 0 Å². The third-order valence-corrected chi connectivity index (χ3v) is 4.22. The largest absolute Gasteiger partial charge is 0.340 e. The molecule has 0 unspecified atom stereocenters. The zero-order chi connectivity index (χ0) is 13.7. The number of hydrogen-bond donors (Lipinski definition) is 0. The number of piperazine rings is 1. The van der Waals surface area contributed by atoms with E-state index in [0.717, 1.165) is 48.1 Å². The summed E-state index contributed by atoms with van der Waals surface area (Å²) in [5, 5.41) is 0.999. The van der Waals surface area contributed by atoms with Gasteiger partial charge in [0.2, 0.25) is 5.91 Å². The normalized spacial score (nSPS) is 16.6. The SMILES string of the molecule is O=C(Cc1cccc(Br)c1)N1CCN(CCBr)CC1. The van der Waals surface area contributed by atoms with Crippen molar-refractivity contribution in [2.75, 3.05) is 38.1 Å². The smallest absolute Gasteiger partial charge is 0.227 e. The molecule has 3 nitrogen and oxygen atoms in total. The van der Waals surface area contributed by atoms with Crippen molar-refractivity contribution in [3.63, 3.8) is 0 Å². The lowest BCUT2D eigenvalue weighted by Crippen LogP contribution is -2.49. The summed E-state index contributed by atoms with van der Waals surface area (Å²) in [7, 11) is 0. The molecule has 0 aliphatic carbocycles. The number of carbonyl (C=O) groups is 1. The summed E-state index contributed by atoms with van der Waals surface area (Å²) in [4.78, 5) is 16.6. The molecule has 0 aromatic heterocycles. The van der Waals surface area contributed by atoms with Gasteiger partial charge >= 0.3 is 0 Å². The Morgan fingerprint density at radius 1 is 1.21 bits per heavy atom. The van der Waals surface area contributed by atoms with Crippen molar-refractivity contribution in [3.05, 3.63) is 34.3 Å². The van der Waals surface area contributed by atoms with Crippen molar-refractivity contribution >= 4 is 37.8 Å². The second-order valence-electron chi connectivity index (χ2n) is 4.72. The van der Waals surface area contributed by atoms with E-state index in [-0.39, 0.29) is 5.91 Å². The minimum absolute atomic E-state index is 0.233. The molecule has 1 aliphatic rings. The molecule has 1 aliphatic heterocycles. The van der Waals surface area contributed by atoms with Crippen LogP contribution >= 0.6 is 31.9 Å². The number of halogens is 2. The summed E-state index contributed by atoms with van der Waals surface area (Å²) in [5.41, 5.74) is 1.07. The molecule has 0 radical (unpaired) electrons. The summed E-state index contributed by atoms with van der Waals surface area (Å²) >= 11 is 6.89. The van der Waals surface area contributed by atoms with Gasteiger partial charge in [-0.1, -0.05) is 44.0 Å². The fraction of sp³-hybridized carbons (Fsp3) is 0.500.